The fraction of sp³-hybridized carbons (Fsp3) is 0.214. The zero-order valence-electron chi connectivity index (χ0n) is 9.57. The van der Waals surface area contributed by atoms with E-state index >= 15 is 0 Å². The minimum Gasteiger partial charge on any atom is -0.379 e. The molecule has 0 amide bonds. The number of aryl methyl sites for hydroxylation is 1. The molecule has 0 atom stereocenters. The van der Waals surface area contributed by atoms with Gasteiger partial charge in [0.25, 0.3) is 0 Å². The van der Waals surface area contributed by atoms with E-state index in [0.29, 0.717) is 5.88 Å². The summed E-state index contributed by atoms with van der Waals surface area (Å²) >= 11 is 5.69. The smallest absolute Gasteiger partial charge is 0.0594 e. The summed E-state index contributed by atoms with van der Waals surface area (Å²) in [5.41, 5.74) is 3.41. The first kappa shape index (κ1) is 11.9. The van der Waals surface area contributed by atoms with Crippen molar-refractivity contribution in [1.29, 1.82) is 0 Å². The zero-order chi connectivity index (χ0) is 11.9. The molecule has 1 aromatic carbocycles. The SMILES string of the molecule is ClCCc1ccc(NCc2ccccn2)cc1. The Hall–Kier alpha value is -1.54. The molecule has 1 heterocycles. The normalized spacial score (nSPS) is 10.2. The second-order valence-electron chi connectivity index (χ2n) is 3.81. The van der Waals surface area contributed by atoms with Gasteiger partial charge in [0.05, 0.1) is 12.2 Å². The van der Waals surface area contributed by atoms with E-state index in [1.807, 2.05) is 18.2 Å². The van der Waals surface area contributed by atoms with E-state index in [-0.39, 0.29) is 0 Å². The van der Waals surface area contributed by atoms with Crippen LogP contribution in [0.5, 0.6) is 0 Å². The molecule has 0 bridgehead atoms. The fourth-order valence-electron chi connectivity index (χ4n) is 1.59. The monoisotopic (exact) mass is 246 g/mol. The molecule has 0 saturated carbocycles. The quantitative estimate of drug-likeness (QED) is 0.818. The summed E-state index contributed by atoms with van der Waals surface area (Å²) in [7, 11) is 0. The molecule has 0 aliphatic carbocycles. The standard InChI is InChI=1S/C14H15ClN2/c15-9-8-12-4-6-13(7-5-12)17-11-14-3-1-2-10-16-14/h1-7,10,17H,8-9,11H2. The van der Waals surface area contributed by atoms with Crippen molar-refractivity contribution in [2.75, 3.05) is 11.2 Å². The van der Waals surface area contributed by atoms with Crippen LogP contribution in [0.2, 0.25) is 0 Å². The summed E-state index contributed by atoms with van der Waals surface area (Å²) in [5.74, 6) is 0.667. The van der Waals surface area contributed by atoms with Crippen LogP contribution in [0.3, 0.4) is 0 Å². The van der Waals surface area contributed by atoms with Gasteiger partial charge in [0.15, 0.2) is 0 Å². The number of aromatic nitrogens is 1. The molecule has 0 spiro atoms. The molecule has 0 aliphatic heterocycles. The third-order valence-electron chi connectivity index (χ3n) is 2.54. The van der Waals surface area contributed by atoms with Crippen molar-refractivity contribution >= 4 is 17.3 Å². The molecule has 2 aromatic rings. The van der Waals surface area contributed by atoms with Gasteiger partial charge in [-0.25, -0.2) is 0 Å². The van der Waals surface area contributed by atoms with Crippen LogP contribution in [-0.4, -0.2) is 10.9 Å². The van der Waals surface area contributed by atoms with Crippen molar-refractivity contribution in [3.05, 3.63) is 59.9 Å². The minimum atomic E-state index is 0.667. The molecule has 17 heavy (non-hydrogen) atoms. The number of alkyl halides is 1. The van der Waals surface area contributed by atoms with Gasteiger partial charge in [-0.1, -0.05) is 18.2 Å². The van der Waals surface area contributed by atoms with Crippen molar-refractivity contribution in [2.45, 2.75) is 13.0 Å². The first-order chi connectivity index (χ1) is 8.38. The third kappa shape index (κ3) is 3.75. The van der Waals surface area contributed by atoms with Gasteiger partial charge in [-0.2, -0.15) is 0 Å². The molecule has 2 nitrogen and oxygen atoms in total. The topological polar surface area (TPSA) is 24.9 Å². The Morgan fingerprint density at radius 2 is 1.88 bits per heavy atom. The Morgan fingerprint density at radius 3 is 2.53 bits per heavy atom. The van der Waals surface area contributed by atoms with Gasteiger partial charge >= 0.3 is 0 Å². The Balaban J connectivity index is 1.91. The van der Waals surface area contributed by atoms with Gasteiger partial charge in [-0.15, -0.1) is 11.6 Å². The third-order valence-corrected chi connectivity index (χ3v) is 2.73. The van der Waals surface area contributed by atoms with E-state index in [1.165, 1.54) is 5.56 Å². The predicted molar refractivity (Wildman–Crippen MR) is 72.4 cm³/mol. The zero-order valence-corrected chi connectivity index (χ0v) is 10.3. The van der Waals surface area contributed by atoms with Gasteiger partial charge in [0, 0.05) is 17.8 Å². The highest BCUT2D eigenvalue weighted by molar-refractivity contribution is 6.17. The Labute approximate surface area is 107 Å². The number of benzene rings is 1. The lowest BCUT2D eigenvalue weighted by Crippen LogP contribution is -2.01. The van der Waals surface area contributed by atoms with Crippen LogP contribution in [0.25, 0.3) is 0 Å². The summed E-state index contributed by atoms with van der Waals surface area (Å²) in [5, 5.41) is 3.33. The molecule has 0 aliphatic rings. The minimum absolute atomic E-state index is 0.667. The van der Waals surface area contributed by atoms with E-state index < -0.39 is 0 Å². The van der Waals surface area contributed by atoms with Crippen molar-refractivity contribution < 1.29 is 0 Å². The number of nitrogens with zero attached hydrogens (tertiary/aromatic N) is 1. The molecular formula is C14H15ClN2. The van der Waals surface area contributed by atoms with Gasteiger partial charge in [0.1, 0.15) is 0 Å². The van der Waals surface area contributed by atoms with Gasteiger partial charge < -0.3 is 5.32 Å². The number of hydrogen-bond donors (Lipinski definition) is 1. The molecule has 0 fully saturated rings. The van der Waals surface area contributed by atoms with Gasteiger partial charge in [0.2, 0.25) is 0 Å². The molecule has 1 N–H and O–H groups in total. The first-order valence-corrected chi connectivity index (χ1v) is 6.20. The highest BCUT2D eigenvalue weighted by Crippen LogP contribution is 2.11. The molecule has 88 valence electrons. The Morgan fingerprint density at radius 1 is 1.06 bits per heavy atom. The van der Waals surface area contributed by atoms with Crippen molar-refractivity contribution in [1.82, 2.24) is 4.98 Å². The summed E-state index contributed by atoms with van der Waals surface area (Å²) in [6.07, 6.45) is 2.72. The number of nitrogens with one attached hydrogen (secondary N) is 1. The Bertz CT molecular complexity index is 440. The summed E-state index contributed by atoms with van der Waals surface area (Å²) in [6.45, 7) is 0.746. The lowest BCUT2D eigenvalue weighted by atomic mass is 10.1. The van der Waals surface area contributed by atoms with E-state index in [2.05, 4.69) is 34.6 Å². The second-order valence-corrected chi connectivity index (χ2v) is 4.19. The van der Waals surface area contributed by atoms with Crippen LogP contribution in [-0.2, 0) is 13.0 Å². The van der Waals surface area contributed by atoms with E-state index in [9.17, 15) is 0 Å². The molecule has 1 aromatic heterocycles. The maximum Gasteiger partial charge on any atom is 0.0594 e. The maximum atomic E-state index is 5.69. The average molecular weight is 247 g/mol. The molecule has 3 heteroatoms. The van der Waals surface area contributed by atoms with Crippen LogP contribution >= 0.6 is 11.6 Å². The van der Waals surface area contributed by atoms with Crippen LogP contribution in [0.4, 0.5) is 5.69 Å². The summed E-state index contributed by atoms with van der Waals surface area (Å²) in [6, 6.07) is 14.3. The summed E-state index contributed by atoms with van der Waals surface area (Å²) < 4.78 is 0. The number of halogens is 1. The van der Waals surface area contributed by atoms with Crippen molar-refractivity contribution in [2.24, 2.45) is 0 Å². The predicted octanol–water partition coefficient (Wildman–Crippen LogP) is 3.48. The largest absolute Gasteiger partial charge is 0.379 e. The average Bonchev–Trinajstić information content (AvgIpc) is 2.40. The van der Waals surface area contributed by atoms with Crippen LogP contribution < -0.4 is 5.32 Å². The van der Waals surface area contributed by atoms with Gasteiger partial charge in [-0.05, 0) is 36.2 Å². The highest BCUT2D eigenvalue weighted by atomic mass is 35.5. The molecule has 2 rings (SSSR count). The van der Waals surface area contributed by atoms with Crippen molar-refractivity contribution in [3.63, 3.8) is 0 Å². The first-order valence-electron chi connectivity index (χ1n) is 5.67. The lowest BCUT2D eigenvalue weighted by molar-refractivity contribution is 1.04. The van der Waals surface area contributed by atoms with Crippen molar-refractivity contribution in [3.8, 4) is 0 Å². The van der Waals surface area contributed by atoms with E-state index in [0.717, 1.165) is 24.3 Å². The highest BCUT2D eigenvalue weighted by Gasteiger charge is 1.95. The van der Waals surface area contributed by atoms with E-state index in [1.54, 1.807) is 6.20 Å². The second kappa shape index (κ2) is 6.26. The van der Waals surface area contributed by atoms with E-state index in [4.69, 9.17) is 11.6 Å². The number of pyridine rings is 1. The molecule has 0 saturated heterocycles. The van der Waals surface area contributed by atoms with Crippen LogP contribution in [0, 0.1) is 0 Å². The fourth-order valence-corrected chi connectivity index (χ4v) is 1.81. The van der Waals surface area contributed by atoms with Crippen LogP contribution in [0.15, 0.2) is 48.7 Å². The van der Waals surface area contributed by atoms with Crippen LogP contribution in [0.1, 0.15) is 11.3 Å². The van der Waals surface area contributed by atoms with Gasteiger partial charge in [-0.3, -0.25) is 4.98 Å². The maximum absolute atomic E-state index is 5.69. The number of hydrogen-bond acceptors (Lipinski definition) is 2. The molecule has 0 unspecified atom stereocenters. The molecular weight excluding hydrogens is 232 g/mol. The number of rotatable bonds is 5. The molecule has 0 radical (unpaired) electrons. The summed E-state index contributed by atoms with van der Waals surface area (Å²) in [4.78, 5) is 4.26. The lowest BCUT2D eigenvalue weighted by Gasteiger charge is -2.06. The number of anilines is 1. The Kier molecular flexibility index (Phi) is 4.39.